The second-order valence-electron chi connectivity index (χ2n) is 3.97. The molecule has 2 aromatic heterocycles. The van der Waals surface area contributed by atoms with Crippen LogP contribution >= 0.6 is 23.1 Å². The van der Waals surface area contributed by atoms with E-state index in [0.717, 1.165) is 44.6 Å². The van der Waals surface area contributed by atoms with Gasteiger partial charge in [0.25, 0.3) is 5.91 Å². The van der Waals surface area contributed by atoms with E-state index in [-0.39, 0.29) is 5.91 Å². The number of nitrogens with one attached hydrogen (secondary N) is 2. The van der Waals surface area contributed by atoms with E-state index in [4.69, 9.17) is 0 Å². The van der Waals surface area contributed by atoms with Crippen LogP contribution in [-0.2, 0) is 6.42 Å². The van der Waals surface area contributed by atoms with Crippen molar-refractivity contribution in [3.05, 3.63) is 23.4 Å². The molecule has 1 amide bonds. The number of carbonyl (C=O) groups excluding carboxylic acids is 1. The molecular weight excluding hydrogens is 266 g/mol. The first kappa shape index (κ1) is 11.8. The van der Waals surface area contributed by atoms with Gasteiger partial charge in [0.05, 0.1) is 14.6 Å². The van der Waals surface area contributed by atoms with Crippen LogP contribution in [0.25, 0.3) is 10.6 Å². The van der Waals surface area contributed by atoms with E-state index in [2.05, 4.69) is 22.4 Å². The molecule has 94 valence electrons. The number of thiophene rings is 1. The van der Waals surface area contributed by atoms with Crippen LogP contribution in [0, 0.1) is 0 Å². The van der Waals surface area contributed by atoms with Crippen molar-refractivity contribution in [2.75, 3.05) is 12.3 Å². The Morgan fingerprint density at radius 3 is 3.17 bits per heavy atom. The predicted octanol–water partition coefficient (Wildman–Crippen LogP) is 2.54. The van der Waals surface area contributed by atoms with Gasteiger partial charge in [-0.1, -0.05) is 6.92 Å². The molecular formula is C12H13N3OS2. The molecule has 2 aromatic rings. The fraction of sp³-hybridized carbons (Fsp3) is 0.333. The standard InChI is InChI=1S/C12H13N3OS2/c1-2-17-12-9-7(3-5-13-11(9)16)10(18-12)8-4-6-14-15-8/h4,6H,2-3,5H2,1H3,(H,13,16)(H,14,15). The molecule has 2 N–H and O–H groups in total. The largest absolute Gasteiger partial charge is 0.352 e. The second-order valence-corrected chi connectivity index (χ2v) is 6.52. The Hall–Kier alpha value is -1.27. The zero-order valence-corrected chi connectivity index (χ0v) is 11.6. The Bertz CT molecular complexity index is 574. The van der Waals surface area contributed by atoms with Crippen LogP contribution in [0.2, 0.25) is 0 Å². The number of nitrogens with zero attached hydrogens (tertiary/aromatic N) is 1. The zero-order chi connectivity index (χ0) is 12.5. The Balaban J connectivity index is 2.16. The number of H-pyrrole nitrogens is 1. The number of hydrogen-bond donors (Lipinski definition) is 2. The molecule has 4 nitrogen and oxygen atoms in total. The molecule has 0 saturated heterocycles. The van der Waals surface area contributed by atoms with Gasteiger partial charge < -0.3 is 5.32 Å². The molecule has 0 atom stereocenters. The number of rotatable bonds is 3. The highest BCUT2D eigenvalue weighted by Gasteiger charge is 2.27. The van der Waals surface area contributed by atoms with Gasteiger partial charge >= 0.3 is 0 Å². The zero-order valence-electron chi connectivity index (χ0n) is 9.95. The monoisotopic (exact) mass is 279 g/mol. The average Bonchev–Trinajstić information content (AvgIpc) is 2.97. The third-order valence-corrected chi connectivity index (χ3v) is 5.28. The Labute approximate surface area is 113 Å². The van der Waals surface area contributed by atoms with E-state index >= 15 is 0 Å². The van der Waals surface area contributed by atoms with Crippen LogP contribution in [-0.4, -0.2) is 28.4 Å². The highest BCUT2D eigenvalue weighted by Crippen LogP contribution is 2.42. The third kappa shape index (κ3) is 1.85. The molecule has 6 heteroatoms. The van der Waals surface area contributed by atoms with E-state index in [1.807, 2.05) is 12.3 Å². The lowest BCUT2D eigenvalue weighted by Crippen LogP contribution is -2.31. The maximum absolute atomic E-state index is 12.0. The first-order valence-electron chi connectivity index (χ1n) is 5.88. The molecule has 0 aliphatic carbocycles. The quantitative estimate of drug-likeness (QED) is 0.849. The van der Waals surface area contributed by atoms with Gasteiger partial charge in [0, 0.05) is 12.7 Å². The van der Waals surface area contributed by atoms with Crippen molar-refractivity contribution >= 4 is 29.0 Å². The molecule has 0 unspecified atom stereocenters. The number of aromatic amines is 1. The molecule has 0 bridgehead atoms. The normalized spacial score (nSPS) is 14.4. The predicted molar refractivity (Wildman–Crippen MR) is 74.3 cm³/mol. The van der Waals surface area contributed by atoms with Crippen LogP contribution in [0.5, 0.6) is 0 Å². The number of carbonyl (C=O) groups is 1. The van der Waals surface area contributed by atoms with E-state index in [1.54, 1.807) is 23.1 Å². The van der Waals surface area contributed by atoms with Crippen molar-refractivity contribution in [2.24, 2.45) is 0 Å². The summed E-state index contributed by atoms with van der Waals surface area (Å²) < 4.78 is 1.11. The minimum Gasteiger partial charge on any atom is -0.352 e. The van der Waals surface area contributed by atoms with Gasteiger partial charge in [-0.05, 0) is 23.8 Å². The lowest BCUT2D eigenvalue weighted by molar-refractivity contribution is 0.0944. The smallest absolute Gasteiger partial charge is 0.253 e. The first-order chi connectivity index (χ1) is 8.81. The van der Waals surface area contributed by atoms with Crippen LogP contribution in [0.3, 0.4) is 0 Å². The molecule has 0 saturated carbocycles. The molecule has 0 spiro atoms. The summed E-state index contributed by atoms with van der Waals surface area (Å²) in [5.41, 5.74) is 2.97. The third-order valence-electron chi connectivity index (χ3n) is 2.87. The summed E-state index contributed by atoms with van der Waals surface area (Å²) in [5.74, 6) is 1.03. The lowest BCUT2D eigenvalue weighted by Gasteiger charge is -2.14. The summed E-state index contributed by atoms with van der Waals surface area (Å²) in [4.78, 5) is 13.2. The van der Waals surface area contributed by atoms with Crippen molar-refractivity contribution in [3.63, 3.8) is 0 Å². The fourth-order valence-corrected chi connectivity index (χ4v) is 4.64. The first-order valence-corrected chi connectivity index (χ1v) is 7.68. The summed E-state index contributed by atoms with van der Waals surface area (Å²) in [6.45, 7) is 2.82. The fourth-order valence-electron chi connectivity index (χ4n) is 2.13. The summed E-state index contributed by atoms with van der Waals surface area (Å²) in [5, 5.41) is 10.00. The molecule has 1 aliphatic rings. The molecule has 3 rings (SSSR count). The Morgan fingerprint density at radius 2 is 2.44 bits per heavy atom. The topological polar surface area (TPSA) is 57.8 Å². The number of aromatic nitrogens is 2. The second kappa shape index (κ2) is 4.78. The summed E-state index contributed by atoms with van der Waals surface area (Å²) >= 11 is 3.41. The van der Waals surface area contributed by atoms with Gasteiger partial charge in [-0.3, -0.25) is 9.89 Å². The SMILES string of the molecule is CCSc1sc(-c2cc[nH]n2)c2c1C(=O)NCC2. The maximum atomic E-state index is 12.0. The van der Waals surface area contributed by atoms with Crippen LogP contribution < -0.4 is 5.32 Å². The summed E-state index contributed by atoms with van der Waals surface area (Å²) in [6, 6.07) is 1.96. The van der Waals surface area contributed by atoms with Gasteiger partial charge in [0.2, 0.25) is 0 Å². The van der Waals surface area contributed by atoms with Crippen molar-refractivity contribution in [2.45, 2.75) is 17.6 Å². The summed E-state index contributed by atoms with van der Waals surface area (Å²) in [7, 11) is 0. The number of fused-ring (bicyclic) bond motifs is 1. The van der Waals surface area contributed by atoms with Crippen LogP contribution in [0.1, 0.15) is 22.8 Å². The molecule has 0 aromatic carbocycles. The average molecular weight is 279 g/mol. The van der Waals surface area contributed by atoms with E-state index in [0.29, 0.717) is 0 Å². The highest BCUT2D eigenvalue weighted by molar-refractivity contribution is 8.01. The van der Waals surface area contributed by atoms with Crippen molar-refractivity contribution in [1.29, 1.82) is 0 Å². The van der Waals surface area contributed by atoms with Gasteiger partial charge in [0.1, 0.15) is 5.69 Å². The lowest BCUT2D eigenvalue weighted by atomic mass is 10.0. The minimum absolute atomic E-state index is 0.0604. The van der Waals surface area contributed by atoms with Crippen LogP contribution in [0.4, 0.5) is 0 Å². The van der Waals surface area contributed by atoms with Gasteiger partial charge in [-0.2, -0.15) is 5.10 Å². The molecule has 1 aliphatic heterocycles. The summed E-state index contributed by atoms with van der Waals surface area (Å²) in [6.07, 6.45) is 2.71. The van der Waals surface area contributed by atoms with E-state index < -0.39 is 0 Å². The molecule has 3 heterocycles. The highest BCUT2D eigenvalue weighted by atomic mass is 32.2. The minimum atomic E-state index is 0.0604. The van der Waals surface area contributed by atoms with Crippen molar-refractivity contribution in [3.8, 4) is 10.6 Å². The Morgan fingerprint density at radius 1 is 1.56 bits per heavy atom. The van der Waals surface area contributed by atoms with Gasteiger partial charge in [0.15, 0.2) is 0 Å². The van der Waals surface area contributed by atoms with Crippen molar-refractivity contribution in [1.82, 2.24) is 15.5 Å². The number of thioether (sulfide) groups is 1. The van der Waals surface area contributed by atoms with Crippen LogP contribution in [0.15, 0.2) is 16.5 Å². The number of amides is 1. The molecule has 0 fully saturated rings. The van der Waals surface area contributed by atoms with Crippen molar-refractivity contribution < 1.29 is 4.79 Å². The van der Waals surface area contributed by atoms with E-state index in [1.165, 1.54) is 0 Å². The Kier molecular flexibility index (Phi) is 3.13. The number of hydrogen-bond acceptors (Lipinski definition) is 4. The van der Waals surface area contributed by atoms with Gasteiger partial charge in [-0.15, -0.1) is 23.1 Å². The maximum Gasteiger partial charge on any atom is 0.253 e. The van der Waals surface area contributed by atoms with E-state index in [9.17, 15) is 4.79 Å². The van der Waals surface area contributed by atoms with Gasteiger partial charge in [-0.25, -0.2) is 0 Å². The molecule has 0 radical (unpaired) electrons. The molecule has 18 heavy (non-hydrogen) atoms.